The predicted octanol–water partition coefficient (Wildman–Crippen LogP) is 2.46. The zero-order chi connectivity index (χ0) is 13.0. The molecule has 98 valence electrons. The fourth-order valence-electron chi connectivity index (χ4n) is 2.58. The number of rotatable bonds is 3. The molecule has 1 aromatic carbocycles. The summed E-state index contributed by atoms with van der Waals surface area (Å²) < 4.78 is 5.34. The Morgan fingerprint density at radius 2 is 2.11 bits per heavy atom. The summed E-state index contributed by atoms with van der Waals surface area (Å²) in [6.07, 6.45) is 1.03. The molecule has 1 aliphatic rings. The van der Waals surface area contributed by atoms with Gasteiger partial charge in [-0.05, 0) is 12.0 Å². The lowest BCUT2D eigenvalue weighted by Crippen LogP contribution is -2.43. The van der Waals surface area contributed by atoms with Crippen molar-refractivity contribution in [1.82, 2.24) is 4.90 Å². The number of hydrogen-bond donors (Lipinski definition) is 0. The molecule has 18 heavy (non-hydrogen) atoms. The SMILES string of the molecule is CC(=O)OC1CCN(Cc2ccccc2)CC1C. The number of piperidine rings is 1. The van der Waals surface area contributed by atoms with E-state index in [1.54, 1.807) is 0 Å². The molecule has 1 heterocycles. The van der Waals surface area contributed by atoms with Crippen LogP contribution in [0.1, 0.15) is 25.8 Å². The molecule has 0 saturated carbocycles. The van der Waals surface area contributed by atoms with E-state index < -0.39 is 0 Å². The van der Waals surface area contributed by atoms with Gasteiger partial charge in [0.25, 0.3) is 0 Å². The highest BCUT2D eigenvalue weighted by molar-refractivity contribution is 5.66. The molecule has 1 saturated heterocycles. The van der Waals surface area contributed by atoms with Crippen molar-refractivity contribution in [3.63, 3.8) is 0 Å². The van der Waals surface area contributed by atoms with Crippen molar-refractivity contribution in [3.05, 3.63) is 35.9 Å². The third-order valence-electron chi connectivity index (χ3n) is 3.48. The molecule has 3 heteroatoms. The van der Waals surface area contributed by atoms with Gasteiger partial charge in [0.2, 0.25) is 0 Å². The van der Waals surface area contributed by atoms with Gasteiger partial charge >= 0.3 is 5.97 Å². The second-order valence-corrected chi connectivity index (χ2v) is 5.13. The monoisotopic (exact) mass is 247 g/mol. The summed E-state index contributed by atoms with van der Waals surface area (Å²) in [5.74, 6) is 0.245. The molecule has 1 fully saturated rings. The summed E-state index contributed by atoms with van der Waals surface area (Å²) in [5.41, 5.74) is 1.34. The Morgan fingerprint density at radius 1 is 1.39 bits per heavy atom. The van der Waals surface area contributed by atoms with Gasteiger partial charge in [-0.2, -0.15) is 0 Å². The standard InChI is InChI=1S/C15H21NO2/c1-12-10-16(9-8-15(12)18-13(2)17)11-14-6-4-3-5-7-14/h3-7,12,15H,8-11H2,1-2H3. The topological polar surface area (TPSA) is 29.5 Å². The fourth-order valence-corrected chi connectivity index (χ4v) is 2.58. The Labute approximate surface area is 109 Å². The number of benzene rings is 1. The van der Waals surface area contributed by atoms with Crippen LogP contribution in [0.15, 0.2) is 30.3 Å². The minimum absolute atomic E-state index is 0.0922. The van der Waals surface area contributed by atoms with Crippen LogP contribution in [0.2, 0.25) is 0 Å². The fraction of sp³-hybridized carbons (Fsp3) is 0.533. The van der Waals surface area contributed by atoms with Crippen molar-refractivity contribution in [1.29, 1.82) is 0 Å². The van der Waals surface area contributed by atoms with Crippen LogP contribution in [0.4, 0.5) is 0 Å². The van der Waals surface area contributed by atoms with Gasteiger partial charge in [-0.1, -0.05) is 37.3 Å². The van der Waals surface area contributed by atoms with Crippen LogP contribution in [-0.4, -0.2) is 30.1 Å². The minimum atomic E-state index is -0.164. The van der Waals surface area contributed by atoms with Crippen molar-refractivity contribution in [2.45, 2.75) is 32.9 Å². The first-order valence-corrected chi connectivity index (χ1v) is 6.58. The molecule has 0 amide bonds. The van der Waals surface area contributed by atoms with E-state index in [2.05, 4.69) is 36.1 Å². The number of carbonyl (C=O) groups excluding carboxylic acids is 1. The number of hydrogen-bond acceptors (Lipinski definition) is 3. The molecule has 0 N–H and O–H groups in total. The first-order valence-electron chi connectivity index (χ1n) is 6.58. The second-order valence-electron chi connectivity index (χ2n) is 5.13. The molecule has 0 aromatic heterocycles. The van der Waals surface area contributed by atoms with Crippen LogP contribution in [0.5, 0.6) is 0 Å². The van der Waals surface area contributed by atoms with Gasteiger partial charge in [-0.3, -0.25) is 9.69 Å². The van der Waals surface area contributed by atoms with Crippen LogP contribution in [-0.2, 0) is 16.1 Å². The van der Waals surface area contributed by atoms with E-state index in [1.165, 1.54) is 12.5 Å². The molecule has 2 atom stereocenters. The highest BCUT2D eigenvalue weighted by atomic mass is 16.5. The molecule has 1 aromatic rings. The summed E-state index contributed by atoms with van der Waals surface area (Å²) >= 11 is 0. The Hall–Kier alpha value is -1.35. The van der Waals surface area contributed by atoms with E-state index in [-0.39, 0.29) is 12.1 Å². The van der Waals surface area contributed by atoms with Gasteiger partial charge in [0.05, 0.1) is 0 Å². The van der Waals surface area contributed by atoms with Crippen LogP contribution in [0.25, 0.3) is 0 Å². The van der Waals surface area contributed by atoms with Gasteiger partial charge in [0.15, 0.2) is 0 Å². The van der Waals surface area contributed by atoms with Crippen molar-refractivity contribution in [2.24, 2.45) is 5.92 Å². The third-order valence-corrected chi connectivity index (χ3v) is 3.48. The van der Waals surface area contributed by atoms with Crippen molar-refractivity contribution in [3.8, 4) is 0 Å². The zero-order valence-electron chi connectivity index (χ0n) is 11.1. The lowest BCUT2D eigenvalue weighted by molar-refractivity contribution is -0.151. The maximum Gasteiger partial charge on any atom is 0.302 e. The lowest BCUT2D eigenvalue weighted by atomic mass is 9.96. The first kappa shape index (κ1) is 13.1. The van der Waals surface area contributed by atoms with Crippen LogP contribution in [0, 0.1) is 5.92 Å². The van der Waals surface area contributed by atoms with Gasteiger partial charge in [0.1, 0.15) is 6.10 Å². The average molecular weight is 247 g/mol. The highest BCUT2D eigenvalue weighted by Gasteiger charge is 2.27. The zero-order valence-corrected chi connectivity index (χ0v) is 11.1. The van der Waals surface area contributed by atoms with Gasteiger partial charge in [0, 0.05) is 32.5 Å². The van der Waals surface area contributed by atoms with E-state index in [4.69, 9.17) is 4.74 Å². The predicted molar refractivity (Wildman–Crippen MR) is 71.1 cm³/mol. The number of ether oxygens (including phenoxy) is 1. The molecule has 2 rings (SSSR count). The molecular weight excluding hydrogens is 226 g/mol. The van der Waals surface area contributed by atoms with Crippen LogP contribution in [0.3, 0.4) is 0 Å². The summed E-state index contributed by atoms with van der Waals surface area (Å²) in [6, 6.07) is 10.5. The van der Waals surface area contributed by atoms with Crippen LogP contribution >= 0.6 is 0 Å². The molecule has 0 radical (unpaired) electrons. The normalized spacial score (nSPS) is 24.8. The van der Waals surface area contributed by atoms with E-state index in [1.807, 2.05) is 6.07 Å². The third kappa shape index (κ3) is 3.57. The van der Waals surface area contributed by atoms with E-state index in [0.29, 0.717) is 5.92 Å². The maximum absolute atomic E-state index is 11.0. The number of likely N-dealkylation sites (tertiary alicyclic amines) is 1. The lowest BCUT2D eigenvalue weighted by Gasteiger charge is -2.36. The largest absolute Gasteiger partial charge is 0.462 e. The molecule has 0 bridgehead atoms. The summed E-state index contributed by atoms with van der Waals surface area (Å²) in [4.78, 5) is 13.4. The van der Waals surface area contributed by atoms with Crippen LogP contribution < -0.4 is 0 Å². The summed E-state index contributed by atoms with van der Waals surface area (Å²) in [7, 11) is 0. The van der Waals surface area contributed by atoms with Crippen molar-refractivity contribution >= 4 is 5.97 Å². The summed E-state index contributed by atoms with van der Waals surface area (Å²) in [6.45, 7) is 6.62. The van der Waals surface area contributed by atoms with E-state index in [0.717, 1.165) is 26.1 Å². The van der Waals surface area contributed by atoms with E-state index >= 15 is 0 Å². The average Bonchev–Trinajstić information content (AvgIpc) is 2.33. The Morgan fingerprint density at radius 3 is 2.72 bits per heavy atom. The first-order chi connectivity index (χ1) is 8.65. The Balaban J connectivity index is 1.86. The summed E-state index contributed by atoms with van der Waals surface area (Å²) in [5, 5.41) is 0. The smallest absolute Gasteiger partial charge is 0.302 e. The Kier molecular flexibility index (Phi) is 4.37. The molecule has 2 unspecified atom stereocenters. The molecular formula is C15H21NO2. The maximum atomic E-state index is 11.0. The number of nitrogens with zero attached hydrogens (tertiary/aromatic N) is 1. The second kappa shape index (κ2) is 6.01. The highest BCUT2D eigenvalue weighted by Crippen LogP contribution is 2.21. The van der Waals surface area contributed by atoms with E-state index in [9.17, 15) is 4.79 Å². The quantitative estimate of drug-likeness (QED) is 0.768. The van der Waals surface area contributed by atoms with Gasteiger partial charge in [-0.15, -0.1) is 0 Å². The number of esters is 1. The number of carbonyl (C=O) groups is 1. The molecule has 0 spiro atoms. The Bertz CT molecular complexity index is 391. The van der Waals surface area contributed by atoms with Crippen molar-refractivity contribution in [2.75, 3.05) is 13.1 Å². The van der Waals surface area contributed by atoms with Gasteiger partial charge < -0.3 is 4.74 Å². The molecule has 3 nitrogen and oxygen atoms in total. The molecule has 1 aliphatic heterocycles. The van der Waals surface area contributed by atoms with Crippen molar-refractivity contribution < 1.29 is 9.53 Å². The molecule has 0 aliphatic carbocycles. The minimum Gasteiger partial charge on any atom is -0.462 e. The van der Waals surface area contributed by atoms with Gasteiger partial charge in [-0.25, -0.2) is 0 Å².